The number of hydrogen-bond donors (Lipinski definition) is 1. The average Bonchev–Trinajstić information content (AvgIpc) is 2.43. The number of unbranched alkanes of at least 4 members (excludes halogenated alkanes) is 1. The van der Waals surface area contributed by atoms with Gasteiger partial charge in [0.15, 0.2) is 0 Å². The SMILES string of the molecule is CCCCC(CC)(CN)N(C)Cc1ccccc1Br. The van der Waals surface area contributed by atoms with Crippen LogP contribution in [0.25, 0.3) is 0 Å². The fourth-order valence-electron chi connectivity index (χ4n) is 2.60. The number of rotatable bonds is 8. The van der Waals surface area contributed by atoms with Crippen LogP contribution in [0.2, 0.25) is 0 Å². The van der Waals surface area contributed by atoms with Crippen LogP contribution in [0.15, 0.2) is 28.7 Å². The summed E-state index contributed by atoms with van der Waals surface area (Å²) in [6.07, 6.45) is 4.75. The molecule has 0 saturated heterocycles. The molecule has 1 unspecified atom stereocenters. The first-order valence-corrected chi connectivity index (χ1v) is 8.03. The zero-order chi connectivity index (χ0) is 14.3. The second-order valence-electron chi connectivity index (χ2n) is 5.33. The molecular weight excluding hydrogens is 300 g/mol. The second-order valence-corrected chi connectivity index (χ2v) is 6.19. The molecule has 0 aliphatic carbocycles. The Kier molecular flexibility index (Phi) is 7.05. The molecule has 0 amide bonds. The Morgan fingerprint density at radius 1 is 1.26 bits per heavy atom. The highest BCUT2D eigenvalue weighted by molar-refractivity contribution is 9.10. The van der Waals surface area contributed by atoms with Crippen LogP contribution in [0, 0.1) is 0 Å². The van der Waals surface area contributed by atoms with Gasteiger partial charge in [0, 0.05) is 23.1 Å². The van der Waals surface area contributed by atoms with E-state index in [1.165, 1.54) is 29.3 Å². The fourth-order valence-corrected chi connectivity index (χ4v) is 3.01. The van der Waals surface area contributed by atoms with Gasteiger partial charge in [-0.3, -0.25) is 4.90 Å². The smallest absolute Gasteiger partial charge is 0.0329 e. The molecule has 1 atom stereocenters. The number of halogens is 1. The summed E-state index contributed by atoms with van der Waals surface area (Å²) in [5, 5.41) is 0. The van der Waals surface area contributed by atoms with Gasteiger partial charge in [-0.05, 0) is 31.5 Å². The van der Waals surface area contributed by atoms with Crippen LogP contribution in [0.5, 0.6) is 0 Å². The summed E-state index contributed by atoms with van der Waals surface area (Å²) >= 11 is 3.63. The average molecular weight is 327 g/mol. The number of benzene rings is 1. The summed E-state index contributed by atoms with van der Waals surface area (Å²) < 4.78 is 1.18. The first-order chi connectivity index (χ1) is 9.09. The Balaban J connectivity index is 2.82. The minimum atomic E-state index is 0.130. The Morgan fingerprint density at radius 3 is 2.47 bits per heavy atom. The lowest BCUT2D eigenvalue weighted by atomic mass is 9.87. The van der Waals surface area contributed by atoms with Crippen LogP contribution in [-0.4, -0.2) is 24.0 Å². The third-order valence-electron chi connectivity index (χ3n) is 4.21. The summed E-state index contributed by atoms with van der Waals surface area (Å²) in [4.78, 5) is 2.43. The summed E-state index contributed by atoms with van der Waals surface area (Å²) in [6, 6.07) is 8.43. The highest BCUT2D eigenvalue weighted by Crippen LogP contribution is 2.27. The van der Waals surface area contributed by atoms with E-state index in [1.807, 2.05) is 0 Å². The van der Waals surface area contributed by atoms with Crippen molar-refractivity contribution in [3.05, 3.63) is 34.3 Å². The molecule has 1 aromatic rings. The number of nitrogens with zero attached hydrogens (tertiary/aromatic N) is 1. The van der Waals surface area contributed by atoms with Crippen LogP contribution in [0.4, 0.5) is 0 Å². The van der Waals surface area contributed by atoms with E-state index in [0.29, 0.717) is 0 Å². The van der Waals surface area contributed by atoms with Gasteiger partial charge in [-0.2, -0.15) is 0 Å². The zero-order valence-corrected chi connectivity index (χ0v) is 14.0. The third kappa shape index (κ3) is 4.30. The molecule has 3 heteroatoms. The van der Waals surface area contributed by atoms with Crippen LogP contribution in [0.1, 0.15) is 45.1 Å². The molecule has 1 aromatic carbocycles. The number of hydrogen-bond acceptors (Lipinski definition) is 2. The number of nitrogens with two attached hydrogens (primary N) is 1. The van der Waals surface area contributed by atoms with Crippen LogP contribution < -0.4 is 5.73 Å². The molecule has 0 radical (unpaired) electrons. The molecule has 0 saturated carbocycles. The summed E-state index contributed by atoms with van der Waals surface area (Å²) in [5.41, 5.74) is 7.56. The molecule has 2 N–H and O–H groups in total. The molecule has 0 aromatic heterocycles. The van der Waals surface area contributed by atoms with Crippen LogP contribution in [0.3, 0.4) is 0 Å². The van der Waals surface area contributed by atoms with E-state index in [-0.39, 0.29) is 5.54 Å². The van der Waals surface area contributed by atoms with Gasteiger partial charge in [0.2, 0.25) is 0 Å². The van der Waals surface area contributed by atoms with Gasteiger partial charge in [-0.25, -0.2) is 0 Å². The van der Waals surface area contributed by atoms with Crippen molar-refractivity contribution >= 4 is 15.9 Å². The van der Waals surface area contributed by atoms with Crippen LogP contribution in [-0.2, 0) is 6.54 Å². The monoisotopic (exact) mass is 326 g/mol. The third-order valence-corrected chi connectivity index (χ3v) is 4.98. The van der Waals surface area contributed by atoms with Crippen molar-refractivity contribution in [1.29, 1.82) is 0 Å². The molecule has 0 bridgehead atoms. The number of likely N-dealkylation sites (N-methyl/N-ethyl adjacent to an activating group) is 1. The van der Waals surface area contributed by atoms with E-state index in [2.05, 4.69) is 66.0 Å². The van der Waals surface area contributed by atoms with Crippen LogP contribution >= 0.6 is 15.9 Å². The Bertz CT molecular complexity index is 375. The van der Waals surface area contributed by atoms with Crippen molar-refractivity contribution in [2.24, 2.45) is 5.73 Å². The zero-order valence-electron chi connectivity index (χ0n) is 12.5. The van der Waals surface area contributed by atoms with E-state index in [9.17, 15) is 0 Å². The normalized spacial score (nSPS) is 14.6. The molecule has 2 nitrogen and oxygen atoms in total. The molecular formula is C16H27BrN2. The quantitative estimate of drug-likeness (QED) is 0.776. The maximum atomic E-state index is 6.10. The van der Waals surface area contributed by atoms with Gasteiger partial charge in [0.1, 0.15) is 0 Å². The Morgan fingerprint density at radius 2 is 1.95 bits per heavy atom. The molecule has 1 rings (SSSR count). The fraction of sp³-hybridized carbons (Fsp3) is 0.625. The summed E-state index contributed by atoms with van der Waals surface area (Å²) in [6.45, 7) is 6.16. The lowest BCUT2D eigenvalue weighted by molar-refractivity contribution is 0.0997. The molecule has 0 spiro atoms. The highest BCUT2D eigenvalue weighted by atomic mass is 79.9. The Hall–Kier alpha value is -0.380. The maximum absolute atomic E-state index is 6.10. The van der Waals surface area contributed by atoms with Crippen molar-refractivity contribution in [3.63, 3.8) is 0 Å². The molecule has 108 valence electrons. The summed E-state index contributed by atoms with van der Waals surface area (Å²) in [5.74, 6) is 0. The van der Waals surface area contributed by atoms with Crippen molar-refractivity contribution in [2.45, 2.75) is 51.6 Å². The minimum Gasteiger partial charge on any atom is -0.329 e. The first kappa shape index (κ1) is 16.7. The van der Waals surface area contributed by atoms with Gasteiger partial charge >= 0.3 is 0 Å². The molecule has 0 aliphatic rings. The standard InChI is InChI=1S/C16H27BrN2/c1-4-6-11-16(5-2,13-18)19(3)12-14-9-7-8-10-15(14)17/h7-10H,4-6,11-13,18H2,1-3H3. The second kappa shape index (κ2) is 8.03. The van der Waals surface area contributed by atoms with Crippen molar-refractivity contribution in [2.75, 3.05) is 13.6 Å². The van der Waals surface area contributed by atoms with Gasteiger partial charge in [0.25, 0.3) is 0 Å². The molecule has 0 heterocycles. The predicted molar refractivity (Wildman–Crippen MR) is 87.2 cm³/mol. The molecule has 0 aliphatic heterocycles. The lowest BCUT2D eigenvalue weighted by Crippen LogP contribution is -2.51. The lowest BCUT2D eigenvalue weighted by Gasteiger charge is -2.41. The van der Waals surface area contributed by atoms with Crippen molar-refractivity contribution < 1.29 is 0 Å². The van der Waals surface area contributed by atoms with E-state index >= 15 is 0 Å². The van der Waals surface area contributed by atoms with E-state index < -0.39 is 0 Å². The first-order valence-electron chi connectivity index (χ1n) is 7.24. The van der Waals surface area contributed by atoms with E-state index in [1.54, 1.807) is 0 Å². The Labute approximate surface area is 126 Å². The van der Waals surface area contributed by atoms with Gasteiger partial charge in [-0.15, -0.1) is 0 Å². The summed E-state index contributed by atoms with van der Waals surface area (Å²) in [7, 11) is 2.20. The molecule has 19 heavy (non-hydrogen) atoms. The largest absolute Gasteiger partial charge is 0.329 e. The van der Waals surface area contributed by atoms with E-state index in [4.69, 9.17) is 5.73 Å². The topological polar surface area (TPSA) is 29.3 Å². The van der Waals surface area contributed by atoms with Gasteiger partial charge < -0.3 is 5.73 Å². The minimum absolute atomic E-state index is 0.130. The molecule has 0 fully saturated rings. The van der Waals surface area contributed by atoms with Crippen molar-refractivity contribution in [3.8, 4) is 0 Å². The maximum Gasteiger partial charge on any atom is 0.0329 e. The van der Waals surface area contributed by atoms with Crippen molar-refractivity contribution in [1.82, 2.24) is 4.90 Å². The highest BCUT2D eigenvalue weighted by Gasteiger charge is 2.30. The predicted octanol–water partition coefficient (Wildman–Crippen LogP) is 4.18. The van der Waals surface area contributed by atoms with Gasteiger partial charge in [-0.1, -0.05) is 60.8 Å². The van der Waals surface area contributed by atoms with Gasteiger partial charge in [0.05, 0.1) is 0 Å². The van der Waals surface area contributed by atoms with E-state index in [0.717, 1.165) is 19.5 Å².